The highest BCUT2D eigenvalue weighted by molar-refractivity contribution is 5.31. The van der Waals surface area contributed by atoms with Gasteiger partial charge in [0.1, 0.15) is 5.82 Å². The van der Waals surface area contributed by atoms with E-state index in [-0.39, 0.29) is 23.8 Å². The molecule has 3 aliphatic rings. The van der Waals surface area contributed by atoms with Crippen LogP contribution in [0.5, 0.6) is 0 Å². The van der Waals surface area contributed by atoms with Crippen LogP contribution in [0.15, 0.2) is 35.8 Å². The Morgan fingerprint density at radius 2 is 1.75 bits per heavy atom. The van der Waals surface area contributed by atoms with Crippen molar-refractivity contribution in [2.45, 2.75) is 38.1 Å². The molecule has 4 N–H and O–H groups in total. The zero-order chi connectivity index (χ0) is 17.5. The molecule has 0 spiro atoms. The Morgan fingerprint density at radius 3 is 2.33 bits per heavy atom. The highest BCUT2D eigenvalue weighted by Crippen LogP contribution is 2.32. The first-order valence-electron chi connectivity index (χ1n) is 8.23. The van der Waals surface area contributed by atoms with Gasteiger partial charge in [0.05, 0.1) is 12.1 Å². The van der Waals surface area contributed by atoms with E-state index in [1.165, 1.54) is 0 Å². The van der Waals surface area contributed by atoms with E-state index in [1.807, 2.05) is 26.0 Å². The molecule has 0 aromatic carbocycles. The summed E-state index contributed by atoms with van der Waals surface area (Å²) in [6, 6.07) is -0.571. The van der Waals surface area contributed by atoms with Gasteiger partial charge in [0, 0.05) is 25.7 Å². The van der Waals surface area contributed by atoms with Crippen LogP contribution >= 0.6 is 0 Å². The maximum Gasteiger partial charge on any atom is 0.434 e. The summed E-state index contributed by atoms with van der Waals surface area (Å²) in [6.45, 7) is 5.52. The average Bonchev–Trinajstić information content (AvgIpc) is 2.53. The van der Waals surface area contributed by atoms with Gasteiger partial charge in [0.25, 0.3) is 0 Å². The fraction of sp³-hybridized carbons (Fsp3) is 0.625. The third kappa shape index (κ3) is 3.25. The molecular formula is C16H24F3N5. The summed E-state index contributed by atoms with van der Waals surface area (Å²) in [7, 11) is 0. The predicted molar refractivity (Wildman–Crippen MR) is 86.3 cm³/mol. The minimum Gasteiger partial charge on any atom is -0.369 e. The second kappa shape index (κ2) is 6.33. The number of allylic oxidation sites excluding steroid dienone is 3. The molecule has 0 aromatic heterocycles. The smallest absolute Gasteiger partial charge is 0.369 e. The Morgan fingerprint density at radius 1 is 1.12 bits per heavy atom. The van der Waals surface area contributed by atoms with E-state index in [0.717, 1.165) is 0 Å². The van der Waals surface area contributed by atoms with Crippen molar-refractivity contribution in [1.82, 2.24) is 20.5 Å². The summed E-state index contributed by atoms with van der Waals surface area (Å²) < 4.78 is 40.7. The van der Waals surface area contributed by atoms with Gasteiger partial charge in [-0.05, 0) is 5.92 Å². The molecule has 2 heterocycles. The van der Waals surface area contributed by atoms with E-state index in [4.69, 9.17) is 5.84 Å². The van der Waals surface area contributed by atoms with E-state index in [9.17, 15) is 13.2 Å². The normalized spacial score (nSPS) is 31.1. The molecule has 0 amide bonds. The number of nitrogens with zero attached hydrogens (tertiary/aromatic N) is 2. The number of nitrogens with two attached hydrogens (primary N) is 1. The predicted octanol–water partition coefficient (Wildman–Crippen LogP) is 1.29. The van der Waals surface area contributed by atoms with Crippen molar-refractivity contribution >= 4 is 0 Å². The SMILES string of the molecule is CC(C)C1CN(C2=C(C(F)(F)F)NC3C=CC=CC3N2)CCN1N. The van der Waals surface area contributed by atoms with E-state index in [1.54, 1.807) is 22.1 Å². The number of rotatable bonds is 2. The van der Waals surface area contributed by atoms with Gasteiger partial charge in [-0.25, -0.2) is 5.01 Å². The molecule has 8 heteroatoms. The highest BCUT2D eigenvalue weighted by atomic mass is 19.4. The molecule has 5 nitrogen and oxygen atoms in total. The number of fused-ring (bicyclic) bond motifs is 1. The topological polar surface area (TPSA) is 56.6 Å². The lowest BCUT2D eigenvalue weighted by molar-refractivity contribution is -0.103. The number of hydrogen-bond acceptors (Lipinski definition) is 5. The van der Waals surface area contributed by atoms with Crippen molar-refractivity contribution in [3.8, 4) is 0 Å². The number of hydrogen-bond donors (Lipinski definition) is 3. The average molecular weight is 343 g/mol. The molecular weight excluding hydrogens is 319 g/mol. The Kier molecular flexibility index (Phi) is 4.52. The lowest BCUT2D eigenvalue weighted by Crippen LogP contribution is -2.62. The zero-order valence-electron chi connectivity index (χ0n) is 13.8. The summed E-state index contributed by atoms with van der Waals surface area (Å²) in [5.74, 6) is 6.40. The zero-order valence-corrected chi connectivity index (χ0v) is 13.8. The molecule has 0 aromatic rings. The molecule has 0 saturated carbocycles. The second-order valence-electron chi connectivity index (χ2n) is 6.83. The van der Waals surface area contributed by atoms with Crippen molar-refractivity contribution in [2.75, 3.05) is 19.6 Å². The first kappa shape index (κ1) is 17.2. The van der Waals surface area contributed by atoms with Gasteiger partial charge >= 0.3 is 6.18 Å². The van der Waals surface area contributed by atoms with E-state index < -0.39 is 17.9 Å². The molecule has 0 bridgehead atoms. The van der Waals surface area contributed by atoms with Gasteiger partial charge in [0.2, 0.25) is 0 Å². The molecule has 134 valence electrons. The number of nitrogens with one attached hydrogen (secondary N) is 2. The molecule has 0 radical (unpaired) electrons. The van der Waals surface area contributed by atoms with Crippen LogP contribution in [0, 0.1) is 5.92 Å². The fourth-order valence-electron chi connectivity index (χ4n) is 3.43. The summed E-state index contributed by atoms with van der Waals surface area (Å²) in [4.78, 5) is 1.77. The fourth-order valence-corrected chi connectivity index (χ4v) is 3.43. The molecule has 3 rings (SSSR count). The minimum absolute atomic E-state index is 0.0158. The van der Waals surface area contributed by atoms with Crippen LogP contribution in [-0.2, 0) is 0 Å². The molecule has 24 heavy (non-hydrogen) atoms. The summed E-state index contributed by atoms with van der Waals surface area (Å²) in [5, 5.41) is 7.48. The second-order valence-corrected chi connectivity index (χ2v) is 6.83. The lowest BCUT2D eigenvalue weighted by Gasteiger charge is -2.46. The van der Waals surface area contributed by atoms with Crippen LogP contribution in [0.3, 0.4) is 0 Å². The first-order chi connectivity index (χ1) is 11.3. The van der Waals surface area contributed by atoms with Crippen LogP contribution in [0.1, 0.15) is 13.8 Å². The maximum absolute atomic E-state index is 13.6. The van der Waals surface area contributed by atoms with Gasteiger partial charge in [-0.1, -0.05) is 38.2 Å². The summed E-state index contributed by atoms with van der Waals surface area (Å²) in [5.41, 5.74) is -0.698. The highest BCUT2D eigenvalue weighted by Gasteiger charge is 2.44. The molecule has 3 unspecified atom stereocenters. The maximum atomic E-state index is 13.6. The van der Waals surface area contributed by atoms with Crippen molar-refractivity contribution < 1.29 is 13.2 Å². The van der Waals surface area contributed by atoms with Crippen molar-refractivity contribution in [2.24, 2.45) is 11.8 Å². The minimum atomic E-state index is -4.44. The van der Waals surface area contributed by atoms with Crippen LogP contribution < -0.4 is 16.5 Å². The largest absolute Gasteiger partial charge is 0.434 e. The van der Waals surface area contributed by atoms with Gasteiger partial charge < -0.3 is 15.5 Å². The monoisotopic (exact) mass is 343 g/mol. The van der Waals surface area contributed by atoms with Crippen LogP contribution in [-0.4, -0.2) is 53.8 Å². The lowest BCUT2D eigenvalue weighted by atomic mass is 9.98. The molecule has 2 aliphatic heterocycles. The Balaban J connectivity index is 1.91. The Hall–Kier alpha value is -1.67. The van der Waals surface area contributed by atoms with E-state index >= 15 is 0 Å². The van der Waals surface area contributed by atoms with Gasteiger partial charge in [0.15, 0.2) is 5.70 Å². The van der Waals surface area contributed by atoms with Crippen LogP contribution in [0.2, 0.25) is 0 Å². The van der Waals surface area contributed by atoms with E-state index in [2.05, 4.69) is 10.6 Å². The number of hydrazine groups is 1. The third-order valence-corrected chi connectivity index (χ3v) is 4.82. The van der Waals surface area contributed by atoms with Gasteiger partial charge in [-0.2, -0.15) is 13.2 Å². The van der Waals surface area contributed by atoms with Crippen LogP contribution in [0.4, 0.5) is 13.2 Å². The van der Waals surface area contributed by atoms with Crippen molar-refractivity contribution in [1.29, 1.82) is 0 Å². The van der Waals surface area contributed by atoms with Crippen molar-refractivity contribution in [3.63, 3.8) is 0 Å². The number of alkyl halides is 3. The summed E-state index contributed by atoms with van der Waals surface area (Å²) >= 11 is 0. The van der Waals surface area contributed by atoms with E-state index in [0.29, 0.717) is 19.6 Å². The van der Waals surface area contributed by atoms with Crippen molar-refractivity contribution in [3.05, 3.63) is 35.8 Å². The first-order valence-corrected chi connectivity index (χ1v) is 8.23. The summed E-state index contributed by atoms with van der Waals surface area (Å²) in [6.07, 6.45) is 2.80. The number of piperazine rings is 1. The molecule has 1 saturated heterocycles. The van der Waals surface area contributed by atoms with Gasteiger partial charge in [-0.15, -0.1) is 0 Å². The Bertz CT molecular complexity index is 567. The standard InChI is InChI=1S/C16H24F3N5/c1-10(2)13-9-23(7-8-24(13)20)15-14(16(17,18)19)21-11-5-3-4-6-12(11)22-15/h3-6,10-13,21-22H,7-9,20H2,1-2H3. The number of halogens is 3. The molecule has 1 aliphatic carbocycles. The molecule has 3 atom stereocenters. The third-order valence-electron chi connectivity index (χ3n) is 4.82. The quantitative estimate of drug-likeness (QED) is 0.660. The van der Waals surface area contributed by atoms with Gasteiger partial charge in [-0.3, -0.25) is 5.84 Å². The van der Waals surface area contributed by atoms with Crippen LogP contribution in [0.25, 0.3) is 0 Å². The Labute approximate surface area is 140 Å². The molecule has 1 fully saturated rings.